The lowest BCUT2D eigenvalue weighted by Crippen LogP contribution is -2.25. The van der Waals surface area contributed by atoms with Crippen molar-refractivity contribution in [2.45, 2.75) is 32.0 Å². The zero-order valence-electron chi connectivity index (χ0n) is 11.7. The van der Waals surface area contributed by atoms with Gasteiger partial charge in [0.05, 0.1) is 10.7 Å². The number of alkyl halides is 3. The lowest BCUT2D eigenvalue weighted by atomic mass is 10.2. The Balaban J connectivity index is 1.96. The topological polar surface area (TPSA) is 42.2 Å². The largest absolute Gasteiger partial charge is 0.446 e. The van der Waals surface area contributed by atoms with Crippen LogP contribution in [-0.2, 0) is 6.18 Å². The van der Waals surface area contributed by atoms with Gasteiger partial charge in [0.2, 0.25) is 5.89 Å². The zero-order valence-corrected chi connectivity index (χ0v) is 12.4. The molecular formula is C14H13ClF3N3O. The summed E-state index contributed by atoms with van der Waals surface area (Å²) in [7, 11) is 0. The molecular weight excluding hydrogens is 319 g/mol. The Morgan fingerprint density at radius 1 is 1.32 bits per heavy atom. The normalized spacial score (nSPS) is 19.0. The standard InChI is InChI=1S/C14H13ClF3N3O/c1-8-7-22-13(19-8)10-3-2-6-21(10)11-5-4-9(15)12(20-11)14(16,17)18/h4-5,7,10H,2-3,6H2,1H3. The summed E-state index contributed by atoms with van der Waals surface area (Å²) in [6.45, 7) is 2.40. The van der Waals surface area contributed by atoms with Crippen LogP contribution in [0.5, 0.6) is 0 Å². The number of aryl methyl sites for hydroxylation is 1. The smallest absolute Gasteiger partial charge is 0.434 e. The van der Waals surface area contributed by atoms with Crippen LogP contribution in [-0.4, -0.2) is 16.5 Å². The van der Waals surface area contributed by atoms with Crippen LogP contribution in [0.25, 0.3) is 0 Å². The van der Waals surface area contributed by atoms with E-state index in [-0.39, 0.29) is 11.9 Å². The fraction of sp³-hybridized carbons (Fsp3) is 0.429. The Morgan fingerprint density at radius 3 is 2.73 bits per heavy atom. The van der Waals surface area contributed by atoms with Crippen LogP contribution in [0.2, 0.25) is 5.02 Å². The Morgan fingerprint density at radius 2 is 2.09 bits per heavy atom. The summed E-state index contributed by atoms with van der Waals surface area (Å²) in [5.41, 5.74) is -0.331. The number of hydrogen-bond donors (Lipinski definition) is 0. The molecule has 0 bridgehead atoms. The molecule has 22 heavy (non-hydrogen) atoms. The molecule has 1 fully saturated rings. The summed E-state index contributed by atoms with van der Waals surface area (Å²) in [4.78, 5) is 9.76. The van der Waals surface area contributed by atoms with E-state index in [1.54, 1.807) is 11.8 Å². The minimum atomic E-state index is -4.58. The van der Waals surface area contributed by atoms with Crippen molar-refractivity contribution in [2.24, 2.45) is 0 Å². The number of oxazole rings is 1. The number of hydrogen-bond acceptors (Lipinski definition) is 4. The summed E-state index contributed by atoms with van der Waals surface area (Å²) in [5.74, 6) is 0.732. The van der Waals surface area contributed by atoms with E-state index >= 15 is 0 Å². The monoisotopic (exact) mass is 331 g/mol. The van der Waals surface area contributed by atoms with E-state index in [9.17, 15) is 13.2 Å². The van der Waals surface area contributed by atoms with Gasteiger partial charge in [-0.3, -0.25) is 0 Å². The number of nitrogens with zero attached hydrogens (tertiary/aromatic N) is 3. The molecule has 0 spiro atoms. The highest BCUT2D eigenvalue weighted by atomic mass is 35.5. The molecule has 2 aromatic heterocycles. The van der Waals surface area contributed by atoms with Crippen LogP contribution >= 0.6 is 11.6 Å². The van der Waals surface area contributed by atoms with Crippen LogP contribution in [0.3, 0.4) is 0 Å². The highest BCUT2D eigenvalue weighted by molar-refractivity contribution is 6.31. The molecule has 0 saturated carbocycles. The van der Waals surface area contributed by atoms with Crippen LogP contribution in [0.1, 0.15) is 36.2 Å². The van der Waals surface area contributed by atoms with Crippen molar-refractivity contribution in [1.82, 2.24) is 9.97 Å². The second-order valence-electron chi connectivity index (χ2n) is 5.18. The molecule has 3 heterocycles. The first-order chi connectivity index (χ1) is 10.4. The molecule has 1 saturated heterocycles. The van der Waals surface area contributed by atoms with Gasteiger partial charge in [0.25, 0.3) is 0 Å². The Kier molecular flexibility index (Phi) is 3.76. The van der Waals surface area contributed by atoms with Gasteiger partial charge in [-0.1, -0.05) is 11.6 Å². The first-order valence-electron chi connectivity index (χ1n) is 6.78. The predicted molar refractivity (Wildman–Crippen MR) is 74.8 cm³/mol. The zero-order chi connectivity index (χ0) is 15.9. The Hall–Kier alpha value is -1.76. The molecule has 2 aromatic rings. The summed E-state index contributed by atoms with van der Waals surface area (Å²) < 4.78 is 44.2. The van der Waals surface area contributed by atoms with E-state index in [0.717, 1.165) is 18.5 Å². The summed E-state index contributed by atoms with van der Waals surface area (Å²) in [6.07, 6.45) is -1.46. The van der Waals surface area contributed by atoms with Gasteiger partial charge in [-0.2, -0.15) is 13.2 Å². The fourth-order valence-electron chi connectivity index (χ4n) is 2.61. The average molecular weight is 332 g/mol. The second kappa shape index (κ2) is 5.46. The summed E-state index contributed by atoms with van der Waals surface area (Å²) in [6, 6.07) is 2.51. The molecule has 118 valence electrons. The highest BCUT2D eigenvalue weighted by Gasteiger charge is 2.37. The van der Waals surface area contributed by atoms with Gasteiger partial charge >= 0.3 is 6.18 Å². The van der Waals surface area contributed by atoms with Crippen LogP contribution < -0.4 is 4.90 Å². The third-order valence-electron chi connectivity index (χ3n) is 3.57. The number of rotatable bonds is 2. The van der Waals surface area contributed by atoms with Crippen LogP contribution in [0.15, 0.2) is 22.8 Å². The van der Waals surface area contributed by atoms with E-state index in [1.807, 2.05) is 0 Å². The van der Waals surface area contributed by atoms with Crippen molar-refractivity contribution in [3.05, 3.63) is 40.7 Å². The van der Waals surface area contributed by atoms with E-state index in [0.29, 0.717) is 12.4 Å². The molecule has 8 heteroatoms. The third kappa shape index (κ3) is 2.77. The second-order valence-corrected chi connectivity index (χ2v) is 5.58. The number of halogens is 4. The molecule has 3 rings (SSSR count). The van der Waals surface area contributed by atoms with Crippen molar-refractivity contribution < 1.29 is 17.6 Å². The fourth-order valence-corrected chi connectivity index (χ4v) is 2.83. The number of anilines is 1. The van der Waals surface area contributed by atoms with Crippen molar-refractivity contribution in [3.63, 3.8) is 0 Å². The van der Waals surface area contributed by atoms with Crippen LogP contribution in [0, 0.1) is 6.92 Å². The molecule has 1 aliphatic heterocycles. The first kappa shape index (κ1) is 15.1. The lowest BCUT2D eigenvalue weighted by molar-refractivity contribution is -0.141. The van der Waals surface area contributed by atoms with Gasteiger partial charge in [-0.05, 0) is 31.9 Å². The molecule has 0 amide bonds. The Bertz CT molecular complexity index is 686. The van der Waals surface area contributed by atoms with E-state index in [4.69, 9.17) is 16.0 Å². The Labute approximate surface area is 129 Å². The molecule has 4 nitrogen and oxygen atoms in total. The minimum Gasteiger partial charge on any atom is -0.446 e. The molecule has 1 aliphatic rings. The quantitative estimate of drug-likeness (QED) is 0.818. The molecule has 0 aromatic carbocycles. The molecule has 0 aliphatic carbocycles. The minimum absolute atomic E-state index is 0.205. The summed E-state index contributed by atoms with van der Waals surface area (Å²) in [5, 5.41) is -0.404. The lowest BCUT2D eigenvalue weighted by Gasteiger charge is -2.24. The van der Waals surface area contributed by atoms with Gasteiger partial charge in [0, 0.05) is 6.54 Å². The van der Waals surface area contributed by atoms with E-state index in [2.05, 4.69) is 9.97 Å². The molecule has 0 radical (unpaired) electrons. The van der Waals surface area contributed by atoms with E-state index in [1.165, 1.54) is 18.4 Å². The summed E-state index contributed by atoms with van der Waals surface area (Å²) >= 11 is 5.61. The van der Waals surface area contributed by atoms with E-state index < -0.39 is 16.9 Å². The average Bonchev–Trinajstić information content (AvgIpc) is 3.06. The first-order valence-corrected chi connectivity index (χ1v) is 7.16. The molecule has 1 unspecified atom stereocenters. The third-order valence-corrected chi connectivity index (χ3v) is 3.87. The van der Waals surface area contributed by atoms with Crippen LogP contribution in [0.4, 0.5) is 19.0 Å². The van der Waals surface area contributed by atoms with Gasteiger partial charge in [-0.15, -0.1) is 0 Å². The maximum atomic E-state index is 12.9. The predicted octanol–water partition coefficient (Wildman–Crippen LogP) is 4.39. The molecule has 0 N–H and O–H groups in total. The van der Waals surface area contributed by atoms with Gasteiger partial charge in [0.1, 0.15) is 18.1 Å². The van der Waals surface area contributed by atoms with Crippen molar-refractivity contribution in [1.29, 1.82) is 0 Å². The maximum absolute atomic E-state index is 12.9. The van der Waals surface area contributed by atoms with Crippen molar-refractivity contribution in [3.8, 4) is 0 Å². The number of aromatic nitrogens is 2. The van der Waals surface area contributed by atoms with Crippen molar-refractivity contribution in [2.75, 3.05) is 11.4 Å². The molecule has 1 atom stereocenters. The van der Waals surface area contributed by atoms with Crippen molar-refractivity contribution >= 4 is 17.4 Å². The maximum Gasteiger partial charge on any atom is 0.434 e. The SMILES string of the molecule is Cc1coc(C2CCCN2c2ccc(Cl)c(C(F)(F)F)n2)n1. The highest BCUT2D eigenvalue weighted by Crippen LogP contribution is 2.38. The number of pyridine rings is 1. The van der Waals surface area contributed by atoms with Gasteiger partial charge in [0.15, 0.2) is 5.69 Å². The van der Waals surface area contributed by atoms with Gasteiger partial charge < -0.3 is 9.32 Å². The van der Waals surface area contributed by atoms with Gasteiger partial charge in [-0.25, -0.2) is 9.97 Å².